The molecule has 296 valence electrons. The van der Waals surface area contributed by atoms with Crippen LogP contribution in [0.4, 0.5) is 0 Å². The van der Waals surface area contributed by atoms with Crippen molar-refractivity contribution in [2.45, 2.75) is 199 Å². The minimum Gasteiger partial charge on any atom is -0.448 e. The second kappa shape index (κ2) is 16.1. The van der Waals surface area contributed by atoms with Gasteiger partial charge in [-0.25, -0.2) is 9.98 Å². The fourth-order valence-electron chi connectivity index (χ4n) is 3.94. The Bertz CT molecular complexity index is 1380. The molecule has 3 aromatic rings. The third kappa shape index (κ3) is 15.1. The van der Waals surface area contributed by atoms with Crippen molar-refractivity contribution in [3.63, 3.8) is 0 Å². The lowest BCUT2D eigenvalue weighted by Gasteiger charge is -2.18. The minimum atomic E-state index is -0.0590. The van der Waals surface area contributed by atoms with Gasteiger partial charge in [0.2, 0.25) is 5.89 Å². The van der Waals surface area contributed by atoms with Crippen molar-refractivity contribution in [1.82, 2.24) is 20.3 Å². The van der Waals surface area contributed by atoms with Crippen LogP contribution < -0.4 is 0 Å². The zero-order chi connectivity index (χ0) is 41.1. The second-order valence-electron chi connectivity index (χ2n) is 22.2. The third-order valence-corrected chi connectivity index (χ3v) is 7.83. The normalized spacial score (nSPS) is 14.7. The average Bonchev–Trinajstić information content (AvgIpc) is 3.72. The van der Waals surface area contributed by atoms with Crippen LogP contribution in [0.3, 0.4) is 0 Å². The number of amidine groups is 1. The molecule has 0 atom stereocenters. The highest BCUT2D eigenvalue weighted by Crippen LogP contribution is 2.29. The molecule has 0 radical (unpaired) electrons. The van der Waals surface area contributed by atoms with Crippen LogP contribution in [-0.2, 0) is 32.5 Å². The number of nitrogens with zero attached hydrogens (tertiary/aromatic N) is 6. The lowest BCUT2D eigenvalue weighted by molar-refractivity contribution is 0.314. The van der Waals surface area contributed by atoms with Crippen LogP contribution in [0.15, 0.2) is 35.8 Å². The monoisotopic (exact) mass is 725 g/mol. The van der Waals surface area contributed by atoms with Crippen LogP contribution >= 0.6 is 0 Å². The summed E-state index contributed by atoms with van der Waals surface area (Å²) in [5.74, 6) is 4.25. The van der Waals surface area contributed by atoms with Crippen molar-refractivity contribution < 1.29 is 13.5 Å². The molecule has 1 aliphatic heterocycles. The van der Waals surface area contributed by atoms with Gasteiger partial charge in [0.25, 0.3) is 0 Å². The van der Waals surface area contributed by atoms with Gasteiger partial charge in [0.05, 0.1) is 17.9 Å². The van der Waals surface area contributed by atoms with Crippen molar-refractivity contribution >= 4 is 11.5 Å². The first-order chi connectivity index (χ1) is 22.8. The number of hydrogen-bond acceptors (Lipinski definition) is 9. The van der Waals surface area contributed by atoms with Gasteiger partial charge in [-0.1, -0.05) is 176 Å². The smallest absolute Gasteiger partial charge is 0.232 e. The zero-order valence-electron chi connectivity index (χ0n) is 37.8. The lowest BCUT2D eigenvalue weighted by Crippen LogP contribution is -2.22. The third-order valence-electron chi connectivity index (χ3n) is 7.83. The molecule has 0 spiro atoms. The van der Waals surface area contributed by atoms with Gasteiger partial charge in [-0.15, -0.1) is 0 Å². The first-order valence-corrected chi connectivity index (χ1v) is 18.8. The molecule has 0 fully saturated rings. The summed E-state index contributed by atoms with van der Waals surface area (Å²) < 4.78 is 15.9. The lowest BCUT2D eigenvalue weighted by atomic mass is 9.88. The van der Waals surface area contributed by atoms with Gasteiger partial charge in [-0.05, 0) is 0 Å². The maximum absolute atomic E-state index is 5.44. The molecule has 9 heteroatoms. The van der Waals surface area contributed by atoms with Crippen LogP contribution in [0.5, 0.6) is 0 Å². The summed E-state index contributed by atoms with van der Waals surface area (Å²) in [5, 5.41) is 8.05. The van der Waals surface area contributed by atoms with E-state index in [1.807, 2.05) is 0 Å². The molecule has 9 nitrogen and oxygen atoms in total. The van der Waals surface area contributed by atoms with E-state index in [2.05, 4.69) is 203 Å². The predicted octanol–water partition coefficient (Wildman–Crippen LogP) is 12.1. The molecule has 0 saturated heterocycles. The molecule has 0 unspecified atom stereocenters. The molecular formula is C43H76N6O3. The number of oxazole rings is 1. The largest absolute Gasteiger partial charge is 0.448 e. The van der Waals surface area contributed by atoms with Crippen LogP contribution in [0, 0.1) is 10.8 Å². The zero-order valence-corrected chi connectivity index (χ0v) is 37.8. The Kier molecular flexibility index (Phi) is 14.5. The van der Waals surface area contributed by atoms with Crippen LogP contribution in [0.25, 0.3) is 0 Å². The summed E-state index contributed by atoms with van der Waals surface area (Å²) >= 11 is 0. The van der Waals surface area contributed by atoms with E-state index in [0.29, 0.717) is 5.89 Å². The van der Waals surface area contributed by atoms with Crippen LogP contribution in [-0.4, -0.2) is 38.4 Å². The maximum atomic E-state index is 5.44. The molecule has 0 aromatic carbocycles. The molecule has 0 N–H and O–H groups in total. The van der Waals surface area contributed by atoms with Gasteiger partial charge in [-0.2, -0.15) is 4.98 Å². The fourth-order valence-corrected chi connectivity index (χ4v) is 3.94. The van der Waals surface area contributed by atoms with Crippen molar-refractivity contribution in [3.05, 3.63) is 47.1 Å². The Labute approximate surface area is 317 Å². The summed E-state index contributed by atoms with van der Waals surface area (Å²) in [7, 11) is 0. The van der Waals surface area contributed by atoms with E-state index in [1.165, 1.54) is 5.71 Å². The van der Waals surface area contributed by atoms with E-state index in [9.17, 15) is 0 Å². The van der Waals surface area contributed by atoms with Gasteiger partial charge < -0.3 is 13.5 Å². The van der Waals surface area contributed by atoms with E-state index in [1.54, 1.807) is 6.26 Å². The van der Waals surface area contributed by atoms with Crippen molar-refractivity contribution in [2.24, 2.45) is 20.8 Å². The number of rotatable bonds is 0. The Hall–Kier alpha value is -3.10. The van der Waals surface area contributed by atoms with Gasteiger partial charge in [0, 0.05) is 55.1 Å². The molecule has 4 rings (SSSR count). The summed E-state index contributed by atoms with van der Waals surface area (Å²) in [5.41, 5.74) is 3.62. The van der Waals surface area contributed by atoms with Gasteiger partial charge in [-0.3, -0.25) is 4.99 Å². The number of hydrogen-bond donors (Lipinski definition) is 0. The number of aliphatic imine (C=N–C) groups is 2. The molecule has 0 aliphatic carbocycles. The predicted molar refractivity (Wildman–Crippen MR) is 218 cm³/mol. The Morgan fingerprint density at radius 2 is 0.962 bits per heavy atom. The van der Waals surface area contributed by atoms with E-state index in [0.717, 1.165) is 41.2 Å². The summed E-state index contributed by atoms with van der Waals surface area (Å²) in [6.07, 6.45) is 1.76. The van der Waals surface area contributed by atoms with E-state index < -0.39 is 0 Å². The Morgan fingerprint density at radius 3 is 1.19 bits per heavy atom. The quantitative estimate of drug-likeness (QED) is 0.226. The molecule has 4 heterocycles. The molecule has 0 amide bonds. The number of aromatic nitrogens is 4. The second-order valence-corrected chi connectivity index (χ2v) is 22.2. The summed E-state index contributed by atoms with van der Waals surface area (Å²) in [6.45, 7) is 51.7. The molecule has 3 aromatic heterocycles. The van der Waals surface area contributed by atoms with Crippen molar-refractivity contribution in [2.75, 3.05) is 6.54 Å². The average molecular weight is 725 g/mol. The van der Waals surface area contributed by atoms with E-state index in [-0.39, 0.29) is 43.3 Å². The van der Waals surface area contributed by atoms with Gasteiger partial charge in [0.1, 0.15) is 17.9 Å². The maximum Gasteiger partial charge on any atom is 0.232 e. The standard InChI is InChI=1S/C11H20N2.2C11H19NO.C10H18N2O/c1-10(2,3)8-7-12-9(13-8)11(4,5)6;1-10(2,3)8-7-13-9(12-8)11(4,5)6;1-10(2,3)8-7-9(13-12-8)11(4,5)6;1-9(2,3)7-11-8(13-12-7)10(4,5)6/h7H2,1-6H3;2*7H,1-6H3;1-6H3. The van der Waals surface area contributed by atoms with Crippen molar-refractivity contribution in [3.8, 4) is 0 Å². The first kappa shape index (κ1) is 46.9. The van der Waals surface area contributed by atoms with Gasteiger partial charge in [0.15, 0.2) is 11.7 Å². The molecule has 0 bridgehead atoms. The summed E-state index contributed by atoms with van der Waals surface area (Å²) in [6, 6.07) is 2.06. The first-order valence-electron chi connectivity index (χ1n) is 18.8. The summed E-state index contributed by atoms with van der Waals surface area (Å²) in [4.78, 5) is 17.9. The van der Waals surface area contributed by atoms with Gasteiger partial charge >= 0.3 is 0 Å². The minimum absolute atomic E-state index is 0.00347. The highest BCUT2D eigenvalue weighted by molar-refractivity contribution is 6.07. The molecular weight excluding hydrogens is 649 g/mol. The fraction of sp³-hybridized carbons (Fsp3) is 0.767. The van der Waals surface area contributed by atoms with Crippen LogP contribution in [0.1, 0.15) is 201 Å². The topological polar surface area (TPSA) is 116 Å². The highest BCUT2D eigenvalue weighted by atomic mass is 16.5. The SMILES string of the molecule is CC(C)(C)C1=NC(C(C)(C)C)=NC1.CC(C)(C)c1cc(C(C)(C)C)on1.CC(C)(C)c1coc(C(C)(C)C)n1.CC(C)(C)c1noc(C(C)(C)C)n1. The molecule has 52 heavy (non-hydrogen) atoms. The highest BCUT2D eigenvalue weighted by Gasteiger charge is 2.29. The van der Waals surface area contributed by atoms with E-state index >= 15 is 0 Å². The Balaban J connectivity index is 0.000000347. The molecule has 0 saturated carbocycles. The van der Waals surface area contributed by atoms with E-state index in [4.69, 9.17) is 13.5 Å². The Morgan fingerprint density at radius 1 is 0.462 bits per heavy atom. The van der Waals surface area contributed by atoms with Crippen LogP contribution in [0.2, 0.25) is 0 Å². The van der Waals surface area contributed by atoms with Crippen molar-refractivity contribution in [1.29, 1.82) is 0 Å². The molecule has 1 aliphatic rings.